The van der Waals surface area contributed by atoms with Gasteiger partial charge in [-0.05, 0) is 17.7 Å². The number of rotatable bonds is 2. The molecule has 1 amide bonds. The summed E-state index contributed by atoms with van der Waals surface area (Å²) in [6.07, 6.45) is 0. The fourth-order valence-electron chi connectivity index (χ4n) is 2.73. The van der Waals surface area contributed by atoms with Gasteiger partial charge in [-0.25, -0.2) is 0 Å². The number of halogens is 1. The van der Waals surface area contributed by atoms with E-state index in [9.17, 15) is 14.7 Å². The topological polar surface area (TPSA) is 57.6 Å². The molecule has 2 aromatic rings. The van der Waals surface area contributed by atoms with E-state index >= 15 is 0 Å². The van der Waals surface area contributed by atoms with E-state index < -0.39 is 17.7 Å². The number of nitrogens with zero attached hydrogens (tertiary/aromatic N) is 1. The van der Waals surface area contributed by atoms with Crippen molar-refractivity contribution in [1.82, 2.24) is 4.90 Å². The Bertz CT molecular complexity index is 797. The van der Waals surface area contributed by atoms with Crippen LogP contribution in [0.1, 0.15) is 17.2 Å². The number of likely N-dealkylation sites (N-methyl/N-ethyl adjacent to an activating group) is 1. The Kier molecular flexibility index (Phi) is 4.05. The highest BCUT2D eigenvalue weighted by Gasteiger charge is 2.44. The Labute approximate surface area is 142 Å². The molecule has 1 N–H and O–H groups in total. The summed E-state index contributed by atoms with van der Waals surface area (Å²) in [5.41, 5.74) is 1.40. The van der Waals surface area contributed by atoms with Crippen LogP contribution in [0.2, 0.25) is 0 Å². The van der Waals surface area contributed by atoms with Gasteiger partial charge in [0.25, 0.3) is 11.7 Å². The first-order valence-electron chi connectivity index (χ1n) is 7.06. The first-order chi connectivity index (χ1) is 11.0. The van der Waals surface area contributed by atoms with Crippen molar-refractivity contribution in [2.75, 3.05) is 7.05 Å². The van der Waals surface area contributed by atoms with E-state index in [1.54, 1.807) is 31.3 Å². The molecule has 4 nitrogen and oxygen atoms in total. The van der Waals surface area contributed by atoms with Crippen molar-refractivity contribution in [3.05, 3.63) is 75.8 Å². The summed E-state index contributed by atoms with van der Waals surface area (Å²) in [6.45, 7) is 0. The van der Waals surface area contributed by atoms with Gasteiger partial charge >= 0.3 is 0 Å². The van der Waals surface area contributed by atoms with Crippen molar-refractivity contribution in [3.63, 3.8) is 0 Å². The Hall–Kier alpha value is -2.40. The van der Waals surface area contributed by atoms with Crippen LogP contribution in [-0.2, 0) is 9.59 Å². The smallest absolute Gasteiger partial charge is 0.295 e. The molecule has 1 saturated heterocycles. The highest BCUT2D eigenvalue weighted by Crippen LogP contribution is 2.38. The molecule has 2 aromatic carbocycles. The molecule has 0 aromatic heterocycles. The largest absolute Gasteiger partial charge is 0.507 e. The van der Waals surface area contributed by atoms with E-state index in [2.05, 4.69) is 15.9 Å². The quantitative estimate of drug-likeness (QED) is 0.499. The summed E-state index contributed by atoms with van der Waals surface area (Å²) in [5, 5.41) is 10.6. The van der Waals surface area contributed by atoms with Crippen molar-refractivity contribution in [3.8, 4) is 0 Å². The lowest BCUT2D eigenvalue weighted by atomic mass is 9.95. The molecular formula is C18H14BrNO3. The minimum absolute atomic E-state index is 0.117. The normalized spacial score (nSPS) is 20.1. The molecule has 3 rings (SSSR count). The van der Waals surface area contributed by atoms with E-state index in [0.717, 1.165) is 10.0 Å². The number of likely N-dealkylation sites (tertiary alicyclic amines) is 1. The molecule has 0 spiro atoms. The van der Waals surface area contributed by atoms with Crippen LogP contribution in [0, 0.1) is 0 Å². The number of hydrogen-bond acceptors (Lipinski definition) is 3. The zero-order valence-electron chi connectivity index (χ0n) is 12.4. The van der Waals surface area contributed by atoms with Crippen LogP contribution in [0.25, 0.3) is 5.76 Å². The van der Waals surface area contributed by atoms with E-state index in [1.807, 2.05) is 30.3 Å². The third-order valence-electron chi connectivity index (χ3n) is 3.91. The lowest BCUT2D eigenvalue weighted by molar-refractivity contribution is -0.139. The van der Waals surface area contributed by atoms with Crippen LogP contribution < -0.4 is 0 Å². The Morgan fingerprint density at radius 2 is 1.65 bits per heavy atom. The summed E-state index contributed by atoms with van der Waals surface area (Å²) in [4.78, 5) is 25.8. The number of hydrogen-bond donors (Lipinski definition) is 1. The Balaban J connectivity index is 2.17. The summed E-state index contributed by atoms with van der Waals surface area (Å²) in [5.74, 6) is -1.43. The first-order valence-corrected chi connectivity index (χ1v) is 7.85. The van der Waals surface area contributed by atoms with Crippen molar-refractivity contribution in [2.24, 2.45) is 0 Å². The van der Waals surface area contributed by atoms with Crippen molar-refractivity contribution >= 4 is 33.4 Å². The van der Waals surface area contributed by atoms with Gasteiger partial charge in [0.1, 0.15) is 5.76 Å². The number of aliphatic hydroxyl groups excluding tert-OH is 1. The molecular weight excluding hydrogens is 358 g/mol. The number of benzene rings is 2. The zero-order chi connectivity index (χ0) is 16.6. The van der Waals surface area contributed by atoms with Gasteiger partial charge in [-0.2, -0.15) is 0 Å². The molecule has 23 heavy (non-hydrogen) atoms. The number of carbonyl (C=O) groups is 2. The Morgan fingerprint density at radius 1 is 1.04 bits per heavy atom. The average molecular weight is 372 g/mol. The number of carbonyl (C=O) groups excluding carboxylic acids is 2. The van der Waals surface area contributed by atoms with Gasteiger partial charge in [0.05, 0.1) is 11.6 Å². The molecule has 0 unspecified atom stereocenters. The zero-order valence-corrected chi connectivity index (χ0v) is 13.9. The lowest BCUT2D eigenvalue weighted by Gasteiger charge is -2.21. The van der Waals surface area contributed by atoms with Gasteiger partial charge in [0.15, 0.2) is 0 Å². The molecule has 1 aliphatic rings. The third kappa shape index (κ3) is 2.68. The average Bonchev–Trinajstić information content (AvgIpc) is 2.80. The second-order valence-corrected chi connectivity index (χ2v) is 6.24. The number of amides is 1. The molecule has 0 saturated carbocycles. The fourth-order valence-corrected chi connectivity index (χ4v) is 3.00. The van der Waals surface area contributed by atoms with E-state index in [0.29, 0.717) is 5.56 Å². The van der Waals surface area contributed by atoms with Crippen molar-refractivity contribution in [2.45, 2.75) is 6.04 Å². The van der Waals surface area contributed by atoms with Gasteiger partial charge in [-0.15, -0.1) is 0 Å². The van der Waals surface area contributed by atoms with Gasteiger partial charge < -0.3 is 10.0 Å². The van der Waals surface area contributed by atoms with Gasteiger partial charge in [0, 0.05) is 17.1 Å². The first kappa shape index (κ1) is 15.5. The number of Topliss-reactive ketones (excluding diaryl/α,β-unsaturated/α-hetero) is 1. The van der Waals surface area contributed by atoms with Gasteiger partial charge in [-0.3, -0.25) is 9.59 Å². The van der Waals surface area contributed by atoms with Gasteiger partial charge in [-0.1, -0.05) is 58.4 Å². The summed E-state index contributed by atoms with van der Waals surface area (Å²) in [7, 11) is 1.57. The lowest BCUT2D eigenvalue weighted by Crippen LogP contribution is -2.24. The van der Waals surface area contributed by atoms with E-state index in [-0.39, 0.29) is 11.3 Å². The van der Waals surface area contributed by atoms with Crippen LogP contribution >= 0.6 is 15.9 Å². The van der Waals surface area contributed by atoms with Crippen molar-refractivity contribution in [1.29, 1.82) is 0 Å². The molecule has 1 fully saturated rings. The van der Waals surface area contributed by atoms with Crippen LogP contribution in [0.4, 0.5) is 0 Å². The molecule has 0 aliphatic carbocycles. The monoisotopic (exact) mass is 371 g/mol. The molecule has 116 valence electrons. The minimum Gasteiger partial charge on any atom is -0.507 e. The predicted molar refractivity (Wildman–Crippen MR) is 90.7 cm³/mol. The third-order valence-corrected chi connectivity index (χ3v) is 4.44. The highest BCUT2D eigenvalue weighted by molar-refractivity contribution is 9.10. The second-order valence-electron chi connectivity index (χ2n) is 5.33. The van der Waals surface area contributed by atoms with Gasteiger partial charge in [0.2, 0.25) is 0 Å². The molecule has 1 heterocycles. The standard InChI is InChI=1S/C18H14BrNO3/c1-20-15(11-7-9-13(19)10-8-11)14(17(22)18(20)23)16(21)12-5-3-2-4-6-12/h2-10,15,21H,1H3/t15-/m0/s1. The van der Waals surface area contributed by atoms with Crippen LogP contribution in [0.15, 0.2) is 64.6 Å². The number of ketones is 1. The highest BCUT2D eigenvalue weighted by atomic mass is 79.9. The maximum Gasteiger partial charge on any atom is 0.295 e. The number of aliphatic hydroxyl groups is 1. The molecule has 0 bridgehead atoms. The minimum atomic E-state index is -0.665. The predicted octanol–water partition coefficient (Wildman–Crippen LogP) is 3.50. The second kappa shape index (κ2) is 6.01. The van der Waals surface area contributed by atoms with E-state index in [4.69, 9.17) is 0 Å². The molecule has 1 aliphatic heterocycles. The maximum absolute atomic E-state index is 12.4. The van der Waals surface area contributed by atoms with Crippen LogP contribution in [-0.4, -0.2) is 28.7 Å². The van der Waals surface area contributed by atoms with Crippen molar-refractivity contribution < 1.29 is 14.7 Å². The molecule has 5 heteroatoms. The summed E-state index contributed by atoms with van der Waals surface area (Å²) < 4.78 is 0.900. The molecule has 0 radical (unpaired) electrons. The SMILES string of the molecule is CN1C(=O)C(=O)C(=C(O)c2ccccc2)[C@@H]1c1ccc(Br)cc1. The van der Waals surface area contributed by atoms with Crippen LogP contribution in [0.5, 0.6) is 0 Å². The maximum atomic E-state index is 12.4. The summed E-state index contributed by atoms with van der Waals surface area (Å²) >= 11 is 3.36. The fraction of sp³-hybridized carbons (Fsp3) is 0.111. The molecule has 1 atom stereocenters. The van der Waals surface area contributed by atoms with E-state index in [1.165, 1.54) is 4.90 Å². The summed E-state index contributed by atoms with van der Waals surface area (Å²) in [6, 6.07) is 15.5. The Morgan fingerprint density at radius 3 is 2.26 bits per heavy atom. The van der Waals surface area contributed by atoms with Crippen LogP contribution in [0.3, 0.4) is 0 Å².